The van der Waals surface area contributed by atoms with Crippen LogP contribution in [-0.2, 0) is 9.53 Å². The molecule has 100 valence electrons. The molecular formula is C11H22N2O4. The third-order valence-corrected chi connectivity index (χ3v) is 2.27. The van der Waals surface area contributed by atoms with Crippen molar-refractivity contribution in [1.29, 1.82) is 0 Å². The van der Waals surface area contributed by atoms with E-state index in [1.165, 1.54) is 4.90 Å². The van der Waals surface area contributed by atoms with Crippen molar-refractivity contribution < 1.29 is 19.4 Å². The second-order valence-corrected chi connectivity index (χ2v) is 4.87. The highest BCUT2D eigenvalue weighted by atomic mass is 16.5. The van der Waals surface area contributed by atoms with Gasteiger partial charge in [-0.3, -0.25) is 4.79 Å². The minimum atomic E-state index is -0.916. The molecule has 6 heteroatoms. The summed E-state index contributed by atoms with van der Waals surface area (Å²) in [4.78, 5) is 23.8. The predicted octanol–water partition coefficient (Wildman–Crippen LogP) is 0.773. The van der Waals surface area contributed by atoms with E-state index in [2.05, 4.69) is 5.32 Å². The average molecular weight is 246 g/mol. The Morgan fingerprint density at radius 1 is 1.47 bits per heavy atom. The zero-order valence-corrected chi connectivity index (χ0v) is 11.1. The van der Waals surface area contributed by atoms with Gasteiger partial charge in [-0.2, -0.15) is 0 Å². The van der Waals surface area contributed by atoms with E-state index in [9.17, 15) is 9.59 Å². The van der Waals surface area contributed by atoms with Gasteiger partial charge in [0.05, 0.1) is 18.1 Å². The number of aliphatic carboxylic acids is 1. The molecule has 0 rings (SSSR count). The van der Waals surface area contributed by atoms with Crippen molar-refractivity contribution in [3.05, 3.63) is 0 Å². The first-order chi connectivity index (χ1) is 7.69. The smallest absolute Gasteiger partial charge is 0.317 e. The Morgan fingerprint density at radius 2 is 2.00 bits per heavy atom. The van der Waals surface area contributed by atoms with Gasteiger partial charge in [0.25, 0.3) is 0 Å². The zero-order chi connectivity index (χ0) is 13.6. The van der Waals surface area contributed by atoms with Crippen LogP contribution in [0.5, 0.6) is 0 Å². The topological polar surface area (TPSA) is 78.9 Å². The molecule has 0 aliphatic rings. The van der Waals surface area contributed by atoms with Gasteiger partial charge in [-0.25, -0.2) is 4.79 Å². The summed E-state index contributed by atoms with van der Waals surface area (Å²) >= 11 is 0. The second kappa shape index (κ2) is 6.44. The van der Waals surface area contributed by atoms with Crippen LogP contribution in [0.1, 0.15) is 20.8 Å². The van der Waals surface area contributed by atoms with Crippen molar-refractivity contribution in [1.82, 2.24) is 10.2 Å². The minimum absolute atomic E-state index is 0.171. The van der Waals surface area contributed by atoms with Crippen molar-refractivity contribution in [2.24, 2.45) is 5.92 Å². The van der Waals surface area contributed by atoms with Gasteiger partial charge < -0.3 is 20.1 Å². The highest BCUT2D eigenvalue weighted by Crippen LogP contribution is 2.05. The molecule has 1 atom stereocenters. The monoisotopic (exact) mass is 246 g/mol. The van der Waals surface area contributed by atoms with E-state index in [4.69, 9.17) is 9.84 Å². The van der Waals surface area contributed by atoms with E-state index in [-0.39, 0.29) is 12.6 Å². The number of hydrogen-bond acceptors (Lipinski definition) is 3. The van der Waals surface area contributed by atoms with Crippen LogP contribution in [-0.4, -0.2) is 54.9 Å². The number of nitrogens with zero attached hydrogens (tertiary/aromatic N) is 1. The summed E-state index contributed by atoms with van der Waals surface area (Å²) in [7, 11) is 3.13. The van der Waals surface area contributed by atoms with Crippen LogP contribution in [0.2, 0.25) is 0 Å². The van der Waals surface area contributed by atoms with Gasteiger partial charge >= 0.3 is 12.0 Å². The molecule has 0 saturated carbocycles. The molecule has 0 spiro atoms. The molecule has 2 amide bonds. The highest BCUT2D eigenvalue weighted by molar-refractivity contribution is 5.76. The molecule has 0 aliphatic carbocycles. The molecule has 0 saturated heterocycles. The number of carbonyl (C=O) groups is 2. The number of amides is 2. The van der Waals surface area contributed by atoms with E-state index in [0.29, 0.717) is 6.61 Å². The fourth-order valence-corrected chi connectivity index (χ4v) is 1.35. The van der Waals surface area contributed by atoms with Crippen LogP contribution in [0.15, 0.2) is 0 Å². The van der Waals surface area contributed by atoms with Gasteiger partial charge in [0, 0.05) is 20.7 Å². The van der Waals surface area contributed by atoms with Gasteiger partial charge in [-0.05, 0) is 13.8 Å². The van der Waals surface area contributed by atoms with E-state index in [1.54, 1.807) is 21.1 Å². The van der Waals surface area contributed by atoms with Gasteiger partial charge in [-0.1, -0.05) is 6.92 Å². The Kier molecular flexibility index (Phi) is 5.95. The molecule has 0 heterocycles. The van der Waals surface area contributed by atoms with Crippen LogP contribution >= 0.6 is 0 Å². The highest BCUT2D eigenvalue weighted by Gasteiger charge is 2.24. The molecule has 0 aromatic rings. The first-order valence-corrected chi connectivity index (χ1v) is 5.44. The Morgan fingerprint density at radius 3 is 2.41 bits per heavy atom. The summed E-state index contributed by atoms with van der Waals surface area (Å²) < 4.78 is 4.98. The Hall–Kier alpha value is -1.30. The Labute approximate surface area is 102 Å². The lowest BCUT2D eigenvalue weighted by molar-refractivity contribution is -0.141. The first-order valence-electron chi connectivity index (χ1n) is 5.44. The number of ether oxygens (including phenoxy) is 1. The molecule has 17 heavy (non-hydrogen) atoms. The normalized spacial score (nSPS) is 13.0. The standard InChI is InChI=1S/C11H22N2O4/c1-8(9(14)15)6-13(4)10(16)12-11(2,3)7-17-5/h8H,6-7H2,1-5H3,(H,12,16)(H,14,15). The molecule has 2 N–H and O–H groups in total. The fourth-order valence-electron chi connectivity index (χ4n) is 1.35. The summed E-state index contributed by atoms with van der Waals surface area (Å²) in [6.45, 7) is 5.80. The molecule has 1 unspecified atom stereocenters. The third-order valence-electron chi connectivity index (χ3n) is 2.27. The lowest BCUT2D eigenvalue weighted by atomic mass is 10.1. The average Bonchev–Trinajstić information content (AvgIpc) is 2.16. The predicted molar refractivity (Wildman–Crippen MR) is 63.9 cm³/mol. The molecule has 0 fully saturated rings. The number of methoxy groups -OCH3 is 1. The number of rotatable bonds is 6. The molecule has 0 radical (unpaired) electrons. The maximum Gasteiger partial charge on any atom is 0.317 e. The lowest BCUT2D eigenvalue weighted by Gasteiger charge is -2.29. The summed E-state index contributed by atoms with van der Waals surface area (Å²) in [5, 5.41) is 11.5. The number of carbonyl (C=O) groups excluding carboxylic acids is 1. The number of carboxylic acids is 1. The van der Waals surface area contributed by atoms with Crippen molar-refractivity contribution in [3.8, 4) is 0 Å². The number of carboxylic acid groups (broad SMARTS) is 1. The Balaban J connectivity index is 4.27. The van der Waals surface area contributed by atoms with Gasteiger partial charge in [0.1, 0.15) is 0 Å². The molecule has 0 aliphatic heterocycles. The van der Waals surface area contributed by atoms with Gasteiger partial charge in [0.15, 0.2) is 0 Å². The summed E-state index contributed by atoms with van der Waals surface area (Å²) in [5.74, 6) is -1.50. The molecular weight excluding hydrogens is 224 g/mol. The van der Waals surface area contributed by atoms with Gasteiger partial charge in [-0.15, -0.1) is 0 Å². The van der Waals surface area contributed by atoms with Crippen molar-refractivity contribution in [2.75, 3.05) is 27.3 Å². The van der Waals surface area contributed by atoms with Crippen LogP contribution < -0.4 is 5.32 Å². The molecule has 0 aromatic heterocycles. The van der Waals surface area contributed by atoms with Crippen LogP contribution in [0.4, 0.5) is 4.79 Å². The molecule has 0 bridgehead atoms. The fraction of sp³-hybridized carbons (Fsp3) is 0.818. The first kappa shape index (κ1) is 15.7. The molecule has 0 aromatic carbocycles. The van der Waals surface area contributed by atoms with E-state index >= 15 is 0 Å². The summed E-state index contributed by atoms with van der Waals surface area (Å²) in [6.07, 6.45) is 0. The van der Waals surface area contributed by atoms with Crippen LogP contribution in [0.3, 0.4) is 0 Å². The van der Waals surface area contributed by atoms with Crippen LogP contribution in [0.25, 0.3) is 0 Å². The second-order valence-electron chi connectivity index (χ2n) is 4.87. The zero-order valence-electron chi connectivity index (χ0n) is 11.1. The van der Waals surface area contributed by atoms with Crippen LogP contribution in [0, 0.1) is 5.92 Å². The maximum absolute atomic E-state index is 11.8. The number of hydrogen-bond donors (Lipinski definition) is 2. The quantitative estimate of drug-likeness (QED) is 0.725. The lowest BCUT2D eigenvalue weighted by Crippen LogP contribution is -2.52. The van der Waals surface area contributed by atoms with Crippen molar-refractivity contribution >= 4 is 12.0 Å². The summed E-state index contributed by atoms with van der Waals surface area (Å²) in [5.41, 5.74) is -0.480. The SMILES string of the molecule is COCC(C)(C)NC(=O)N(C)CC(C)C(=O)O. The van der Waals surface area contributed by atoms with Crippen molar-refractivity contribution in [3.63, 3.8) is 0 Å². The minimum Gasteiger partial charge on any atom is -0.481 e. The number of urea groups is 1. The third kappa shape index (κ3) is 6.11. The van der Waals surface area contributed by atoms with Crippen molar-refractivity contribution in [2.45, 2.75) is 26.3 Å². The molecule has 6 nitrogen and oxygen atoms in total. The van der Waals surface area contributed by atoms with E-state index in [1.807, 2.05) is 13.8 Å². The van der Waals surface area contributed by atoms with E-state index in [0.717, 1.165) is 0 Å². The van der Waals surface area contributed by atoms with E-state index < -0.39 is 17.4 Å². The maximum atomic E-state index is 11.8. The number of nitrogens with one attached hydrogen (secondary N) is 1. The Bertz CT molecular complexity index is 279. The van der Waals surface area contributed by atoms with Gasteiger partial charge in [0.2, 0.25) is 0 Å². The largest absolute Gasteiger partial charge is 0.481 e. The summed E-state index contributed by atoms with van der Waals surface area (Å²) in [6, 6.07) is -0.305.